The third kappa shape index (κ3) is 3.22. The second kappa shape index (κ2) is 4.58. The summed E-state index contributed by atoms with van der Waals surface area (Å²) in [5, 5.41) is 11.0. The number of aliphatic imine (C=N–C) groups is 1. The van der Waals surface area contributed by atoms with E-state index in [1.165, 1.54) is 11.3 Å². The molecule has 5 heteroatoms. The number of aromatic nitrogens is 1. The lowest BCUT2D eigenvalue weighted by molar-refractivity contribution is 0.643. The standard InChI is InChI=1S/C8H10N4S/c1-12(2)6-10-8-11-7(3-4-9)5-13-8/h5-6H,3H2,1-2H3. The molecule has 0 amide bonds. The Morgan fingerprint density at radius 2 is 2.54 bits per heavy atom. The number of thiazole rings is 1. The van der Waals surface area contributed by atoms with Crippen LogP contribution in [0.4, 0.5) is 5.13 Å². The van der Waals surface area contributed by atoms with Crippen LogP contribution in [0.3, 0.4) is 0 Å². The van der Waals surface area contributed by atoms with Gasteiger partial charge in [-0.2, -0.15) is 5.26 Å². The molecule has 13 heavy (non-hydrogen) atoms. The van der Waals surface area contributed by atoms with Gasteiger partial charge in [-0.25, -0.2) is 9.98 Å². The van der Waals surface area contributed by atoms with Gasteiger partial charge in [-0.1, -0.05) is 0 Å². The summed E-state index contributed by atoms with van der Waals surface area (Å²) >= 11 is 1.44. The lowest BCUT2D eigenvalue weighted by Gasteiger charge is -1.99. The number of nitriles is 1. The van der Waals surface area contributed by atoms with Gasteiger partial charge in [0.05, 0.1) is 24.5 Å². The van der Waals surface area contributed by atoms with Crippen molar-refractivity contribution in [3.05, 3.63) is 11.1 Å². The Bertz CT molecular complexity index is 334. The molecule has 1 aromatic heterocycles. The topological polar surface area (TPSA) is 52.3 Å². The van der Waals surface area contributed by atoms with Crippen LogP contribution in [0, 0.1) is 11.3 Å². The van der Waals surface area contributed by atoms with E-state index < -0.39 is 0 Å². The maximum atomic E-state index is 8.42. The Balaban J connectivity index is 2.65. The van der Waals surface area contributed by atoms with E-state index in [0.717, 1.165) is 5.69 Å². The first-order valence-electron chi connectivity index (χ1n) is 3.74. The molecule has 0 radical (unpaired) electrons. The van der Waals surface area contributed by atoms with E-state index in [0.29, 0.717) is 11.6 Å². The van der Waals surface area contributed by atoms with Gasteiger partial charge in [0.25, 0.3) is 0 Å². The average molecular weight is 194 g/mol. The van der Waals surface area contributed by atoms with Crippen molar-refractivity contribution in [1.29, 1.82) is 5.26 Å². The van der Waals surface area contributed by atoms with Crippen molar-refractivity contribution in [2.45, 2.75) is 6.42 Å². The molecule has 0 aliphatic rings. The van der Waals surface area contributed by atoms with Crippen LogP contribution in [0.15, 0.2) is 10.4 Å². The molecule has 68 valence electrons. The van der Waals surface area contributed by atoms with Crippen molar-refractivity contribution in [2.75, 3.05) is 14.1 Å². The van der Waals surface area contributed by atoms with Crippen LogP contribution >= 0.6 is 11.3 Å². The minimum Gasteiger partial charge on any atom is -0.369 e. The van der Waals surface area contributed by atoms with Gasteiger partial charge in [-0.15, -0.1) is 11.3 Å². The van der Waals surface area contributed by atoms with Gasteiger partial charge >= 0.3 is 0 Å². The Hall–Kier alpha value is -1.41. The first-order valence-corrected chi connectivity index (χ1v) is 4.62. The molecule has 0 aliphatic heterocycles. The number of nitrogens with zero attached hydrogens (tertiary/aromatic N) is 4. The summed E-state index contributed by atoms with van der Waals surface area (Å²) in [5.74, 6) is 0. The minimum atomic E-state index is 0.355. The SMILES string of the molecule is CN(C)C=Nc1nc(CC#N)cs1. The van der Waals surface area contributed by atoms with Gasteiger partial charge in [0.15, 0.2) is 0 Å². The normalized spacial score (nSPS) is 10.2. The summed E-state index contributed by atoms with van der Waals surface area (Å²) in [5.41, 5.74) is 0.790. The van der Waals surface area contributed by atoms with Crippen LogP contribution in [0.5, 0.6) is 0 Å². The zero-order valence-corrected chi connectivity index (χ0v) is 8.38. The van der Waals surface area contributed by atoms with Gasteiger partial charge < -0.3 is 4.90 Å². The molecule has 0 fully saturated rings. The molecule has 0 atom stereocenters. The summed E-state index contributed by atoms with van der Waals surface area (Å²) in [6.07, 6.45) is 2.04. The fourth-order valence-electron chi connectivity index (χ4n) is 0.683. The van der Waals surface area contributed by atoms with Crippen LogP contribution in [0.25, 0.3) is 0 Å². The first kappa shape index (κ1) is 9.68. The molecule has 0 aliphatic carbocycles. The van der Waals surface area contributed by atoms with Gasteiger partial charge in [0.1, 0.15) is 0 Å². The predicted octanol–water partition coefficient (Wildman–Crippen LogP) is 1.43. The van der Waals surface area contributed by atoms with E-state index >= 15 is 0 Å². The van der Waals surface area contributed by atoms with Crippen LogP contribution in [-0.2, 0) is 6.42 Å². The second-order valence-corrected chi connectivity index (χ2v) is 3.50. The molecule has 0 saturated heterocycles. The molecule has 0 saturated carbocycles. The fourth-order valence-corrected chi connectivity index (χ4v) is 1.34. The third-order valence-corrected chi connectivity index (χ3v) is 2.00. The van der Waals surface area contributed by atoms with Crippen LogP contribution in [-0.4, -0.2) is 30.3 Å². The first-order chi connectivity index (χ1) is 6.22. The van der Waals surface area contributed by atoms with Crippen molar-refractivity contribution >= 4 is 22.8 Å². The largest absolute Gasteiger partial charge is 0.369 e. The quantitative estimate of drug-likeness (QED) is 0.540. The fraction of sp³-hybridized carbons (Fsp3) is 0.375. The third-order valence-electron chi connectivity index (χ3n) is 1.20. The molecular weight excluding hydrogens is 184 g/mol. The molecule has 1 aromatic rings. The van der Waals surface area contributed by atoms with Crippen molar-refractivity contribution in [3.63, 3.8) is 0 Å². The highest BCUT2D eigenvalue weighted by Crippen LogP contribution is 2.18. The highest BCUT2D eigenvalue weighted by atomic mass is 32.1. The number of hydrogen-bond donors (Lipinski definition) is 0. The maximum absolute atomic E-state index is 8.42. The van der Waals surface area contributed by atoms with Gasteiger partial charge in [0.2, 0.25) is 5.13 Å². The van der Waals surface area contributed by atoms with Crippen molar-refractivity contribution in [2.24, 2.45) is 4.99 Å². The van der Waals surface area contributed by atoms with E-state index in [9.17, 15) is 0 Å². The summed E-state index contributed by atoms with van der Waals surface area (Å²) in [6.45, 7) is 0. The van der Waals surface area contributed by atoms with Gasteiger partial charge in [-0.05, 0) is 0 Å². The van der Waals surface area contributed by atoms with Crippen LogP contribution < -0.4 is 0 Å². The van der Waals surface area contributed by atoms with Crippen molar-refractivity contribution < 1.29 is 0 Å². The summed E-state index contributed by atoms with van der Waals surface area (Å²) in [4.78, 5) is 10.1. The molecule has 0 N–H and O–H groups in total. The monoisotopic (exact) mass is 194 g/mol. The number of hydrogen-bond acceptors (Lipinski definition) is 4. The highest BCUT2D eigenvalue weighted by Gasteiger charge is 1.98. The van der Waals surface area contributed by atoms with E-state index in [-0.39, 0.29) is 0 Å². The summed E-state index contributed by atoms with van der Waals surface area (Å²) in [6, 6.07) is 2.04. The Morgan fingerprint density at radius 1 is 1.77 bits per heavy atom. The second-order valence-electron chi connectivity index (χ2n) is 2.66. The highest BCUT2D eigenvalue weighted by molar-refractivity contribution is 7.13. The Kier molecular flexibility index (Phi) is 3.41. The minimum absolute atomic E-state index is 0.355. The van der Waals surface area contributed by atoms with Gasteiger partial charge in [-0.3, -0.25) is 0 Å². The van der Waals surface area contributed by atoms with Crippen LogP contribution in [0.1, 0.15) is 5.69 Å². The smallest absolute Gasteiger partial charge is 0.210 e. The summed E-state index contributed by atoms with van der Waals surface area (Å²) < 4.78 is 0. The molecular formula is C8H10N4S. The van der Waals surface area contributed by atoms with E-state index in [4.69, 9.17) is 5.26 Å². The van der Waals surface area contributed by atoms with Crippen molar-refractivity contribution in [3.8, 4) is 6.07 Å². The van der Waals surface area contributed by atoms with E-state index in [1.54, 1.807) is 6.34 Å². The zero-order chi connectivity index (χ0) is 9.68. The molecule has 4 nitrogen and oxygen atoms in total. The van der Waals surface area contributed by atoms with Crippen LogP contribution in [0.2, 0.25) is 0 Å². The van der Waals surface area contributed by atoms with E-state index in [1.807, 2.05) is 30.4 Å². The van der Waals surface area contributed by atoms with E-state index in [2.05, 4.69) is 9.98 Å². The lowest BCUT2D eigenvalue weighted by Crippen LogP contribution is -2.06. The zero-order valence-electron chi connectivity index (χ0n) is 7.56. The average Bonchev–Trinajstić information content (AvgIpc) is 2.50. The molecule has 0 aromatic carbocycles. The summed E-state index contributed by atoms with van der Waals surface area (Å²) in [7, 11) is 3.79. The molecule has 1 heterocycles. The number of rotatable bonds is 3. The molecule has 0 bridgehead atoms. The molecule has 1 rings (SSSR count). The van der Waals surface area contributed by atoms with Gasteiger partial charge in [0, 0.05) is 19.5 Å². The maximum Gasteiger partial charge on any atom is 0.210 e. The van der Waals surface area contributed by atoms with Crippen molar-refractivity contribution in [1.82, 2.24) is 9.88 Å². The molecule has 0 spiro atoms. The Morgan fingerprint density at radius 3 is 3.15 bits per heavy atom. The molecule has 0 unspecified atom stereocenters. The predicted molar refractivity (Wildman–Crippen MR) is 53.3 cm³/mol. The Labute approximate surface area is 81.2 Å². The lowest BCUT2D eigenvalue weighted by atomic mass is 10.4.